The standard InChI is InChI=1S/C26H29N3O5/c1-5-32-24-15-21(9-10-23(24)33-16-20-11-13-27-14-12-20)26(31)29-28-25(30)19(4)34-22-8-6-7-17(2)18(22)3/h6-15,19H,5,16H2,1-4H3,(H,28,30)(H,29,31). The fourth-order valence-electron chi connectivity index (χ4n) is 3.06. The third kappa shape index (κ3) is 6.48. The van der Waals surface area contributed by atoms with E-state index in [1.807, 2.05) is 45.0 Å². The van der Waals surface area contributed by atoms with E-state index >= 15 is 0 Å². The zero-order valence-electron chi connectivity index (χ0n) is 19.8. The number of aryl methyl sites for hydroxylation is 1. The number of aromatic nitrogens is 1. The van der Waals surface area contributed by atoms with Gasteiger partial charge in [0.15, 0.2) is 17.6 Å². The number of ether oxygens (including phenoxy) is 3. The maximum Gasteiger partial charge on any atom is 0.279 e. The molecule has 3 aromatic rings. The molecular formula is C26H29N3O5. The molecule has 34 heavy (non-hydrogen) atoms. The van der Waals surface area contributed by atoms with Crippen LogP contribution in [0.5, 0.6) is 17.2 Å². The van der Waals surface area contributed by atoms with E-state index in [4.69, 9.17) is 14.2 Å². The number of carbonyl (C=O) groups excluding carboxylic acids is 2. The molecule has 0 saturated carbocycles. The molecule has 0 aliphatic rings. The third-order valence-corrected chi connectivity index (χ3v) is 5.18. The summed E-state index contributed by atoms with van der Waals surface area (Å²) in [6.45, 7) is 8.10. The van der Waals surface area contributed by atoms with Crippen LogP contribution in [0.2, 0.25) is 0 Å². The summed E-state index contributed by atoms with van der Waals surface area (Å²) in [4.78, 5) is 29.0. The normalized spacial score (nSPS) is 11.3. The lowest BCUT2D eigenvalue weighted by Crippen LogP contribution is -2.47. The minimum atomic E-state index is -0.802. The van der Waals surface area contributed by atoms with Crippen LogP contribution in [0.4, 0.5) is 0 Å². The fourth-order valence-corrected chi connectivity index (χ4v) is 3.06. The van der Waals surface area contributed by atoms with E-state index in [0.717, 1.165) is 16.7 Å². The molecule has 1 heterocycles. The molecule has 1 aromatic heterocycles. The van der Waals surface area contributed by atoms with Crippen molar-refractivity contribution in [2.75, 3.05) is 6.61 Å². The molecule has 3 rings (SSSR count). The van der Waals surface area contributed by atoms with Gasteiger partial charge in [-0.15, -0.1) is 0 Å². The molecule has 2 N–H and O–H groups in total. The van der Waals surface area contributed by atoms with Crippen molar-refractivity contribution in [3.63, 3.8) is 0 Å². The Balaban J connectivity index is 1.59. The molecule has 0 radical (unpaired) electrons. The van der Waals surface area contributed by atoms with Crippen molar-refractivity contribution >= 4 is 11.8 Å². The number of nitrogens with one attached hydrogen (secondary N) is 2. The highest BCUT2D eigenvalue weighted by molar-refractivity contribution is 5.96. The maximum atomic E-state index is 12.6. The summed E-state index contributed by atoms with van der Waals surface area (Å²) in [5.41, 5.74) is 8.11. The number of nitrogens with zero attached hydrogens (tertiary/aromatic N) is 1. The van der Waals surface area contributed by atoms with Gasteiger partial charge in [0.05, 0.1) is 6.61 Å². The monoisotopic (exact) mass is 463 g/mol. The number of hydrogen-bond donors (Lipinski definition) is 2. The topological polar surface area (TPSA) is 98.8 Å². The molecule has 8 nitrogen and oxygen atoms in total. The molecule has 1 unspecified atom stereocenters. The predicted molar refractivity (Wildman–Crippen MR) is 128 cm³/mol. The second-order valence-electron chi connectivity index (χ2n) is 7.64. The van der Waals surface area contributed by atoms with Gasteiger partial charge in [-0.1, -0.05) is 12.1 Å². The SMILES string of the molecule is CCOc1cc(C(=O)NNC(=O)C(C)Oc2cccc(C)c2C)ccc1OCc1ccncc1. The van der Waals surface area contributed by atoms with E-state index in [0.29, 0.717) is 36.0 Å². The zero-order chi connectivity index (χ0) is 24.5. The van der Waals surface area contributed by atoms with Gasteiger partial charge in [0.1, 0.15) is 12.4 Å². The molecule has 8 heteroatoms. The predicted octanol–water partition coefficient (Wildman–Crippen LogP) is 3.90. The number of hydrogen-bond acceptors (Lipinski definition) is 6. The van der Waals surface area contributed by atoms with Crippen molar-refractivity contribution < 1.29 is 23.8 Å². The first kappa shape index (κ1) is 24.6. The van der Waals surface area contributed by atoms with Gasteiger partial charge >= 0.3 is 0 Å². The van der Waals surface area contributed by atoms with Crippen LogP contribution in [0.15, 0.2) is 60.9 Å². The van der Waals surface area contributed by atoms with E-state index < -0.39 is 17.9 Å². The summed E-state index contributed by atoms with van der Waals surface area (Å²) in [7, 11) is 0. The summed E-state index contributed by atoms with van der Waals surface area (Å²) < 4.78 is 17.2. The molecule has 0 bridgehead atoms. The van der Waals surface area contributed by atoms with Crippen molar-refractivity contribution in [2.24, 2.45) is 0 Å². The number of carbonyl (C=O) groups is 2. The first-order valence-corrected chi connectivity index (χ1v) is 11.0. The van der Waals surface area contributed by atoms with Gasteiger partial charge in [0.25, 0.3) is 11.8 Å². The molecule has 0 spiro atoms. The van der Waals surface area contributed by atoms with Gasteiger partial charge in [-0.05, 0) is 80.8 Å². The van der Waals surface area contributed by atoms with Crippen molar-refractivity contribution in [2.45, 2.75) is 40.4 Å². The Morgan fingerprint density at radius 2 is 1.71 bits per heavy atom. The second kappa shape index (κ2) is 11.7. The maximum absolute atomic E-state index is 12.6. The summed E-state index contributed by atoms with van der Waals surface area (Å²) >= 11 is 0. The zero-order valence-corrected chi connectivity index (χ0v) is 19.8. The Hall–Kier alpha value is -4.07. The summed E-state index contributed by atoms with van der Waals surface area (Å²) in [5, 5.41) is 0. The van der Waals surface area contributed by atoms with E-state index in [-0.39, 0.29) is 0 Å². The lowest BCUT2D eigenvalue weighted by atomic mass is 10.1. The lowest BCUT2D eigenvalue weighted by molar-refractivity contribution is -0.128. The van der Waals surface area contributed by atoms with Crippen molar-refractivity contribution in [3.05, 3.63) is 83.2 Å². The van der Waals surface area contributed by atoms with E-state index in [2.05, 4.69) is 15.8 Å². The number of pyridine rings is 1. The Labute approximate surface area is 199 Å². The number of rotatable bonds is 9. The van der Waals surface area contributed by atoms with Gasteiger partial charge in [-0.3, -0.25) is 25.4 Å². The summed E-state index contributed by atoms with van der Waals surface area (Å²) in [6.07, 6.45) is 2.58. The van der Waals surface area contributed by atoms with Gasteiger partial charge in [0.2, 0.25) is 0 Å². The lowest BCUT2D eigenvalue weighted by Gasteiger charge is -2.17. The first-order chi connectivity index (χ1) is 16.4. The fraction of sp³-hybridized carbons (Fsp3) is 0.269. The molecule has 178 valence electrons. The van der Waals surface area contributed by atoms with Crippen LogP contribution in [0.3, 0.4) is 0 Å². The van der Waals surface area contributed by atoms with Crippen molar-refractivity contribution in [3.8, 4) is 17.2 Å². The van der Waals surface area contributed by atoms with Crippen LogP contribution < -0.4 is 25.1 Å². The average molecular weight is 464 g/mol. The highest BCUT2D eigenvalue weighted by Crippen LogP contribution is 2.29. The number of hydrazine groups is 1. The third-order valence-electron chi connectivity index (χ3n) is 5.18. The largest absolute Gasteiger partial charge is 0.490 e. The van der Waals surface area contributed by atoms with Gasteiger partial charge < -0.3 is 14.2 Å². The molecule has 0 saturated heterocycles. The first-order valence-electron chi connectivity index (χ1n) is 11.0. The smallest absolute Gasteiger partial charge is 0.279 e. The Morgan fingerprint density at radius 1 is 0.941 bits per heavy atom. The van der Waals surface area contributed by atoms with Crippen LogP contribution in [-0.4, -0.2) is 29.5 Å². The number of benzene rings is 2. The Kier molecular flexibility index (Phi) is 8.45. The average Bonchev–Trinajstić information content (AvgIpc) is 2.85. The molecule has 0 aliphatic carbocycles. The molecule has 2 aromatic carbocycles. The van der Waals surface area contributed by atoms with E-state index in [9.17, 15) is 9.59 Å². The molecular weight excluding hydrogens is 434 g/mol. The van der Waals surface area contributed by atoms with Gasteiger partial charge in [-0.2, -0.15) is 0 Å². The summed E-state index contributed by atoms with van der Waals surface area (Å²) in [6, 6.07) is 14.2. The molecule has 1 atom stereocenters. The summed E-state index contributed by atoms with van der Waals surface area (Å²) in [5.74, 6) is 0.597. The van der Waals surface area contributed by atoms with Crippen LogP contribution in [0.1, 0.15) is 40.9 Å². The van der Waals surface area contributed by atoms with Crippen molar-refractivity contribution in [1.82, 2.24) is 15.8 Å². The van der Waals surface area contributed by atoms with Gasteiger partial charge in [0, 0.05) is 18.0 Å². The quantitative estimate of drug-likeness (QED) is 0.467. The molecule has 2 amide bonds. The van der Waals surface area contributed by atoms with Crippen LogP contribution in [0, 0.1) is 13.8 Å². The number of amides is 2. The molecule has 0 fully saturated rings. The van der Waals surface area contributed by atoms with E-state index in [1.54, 1.807) is 43.6 Å². The minimum Gasteiger partial charge on any atom is -0.490 e. The Bertz CT molecular complexity index is 1130. The highest BCUT2D eigenvalue weighted by Gasteiger charge is 2.18. The van der Waals surface area contributed by atoms with Gasteiger partial charge in [-0.25, -0.2) is 0 Å². The van der Waals surface area contributed by atoms with Crippen molar-refractivity contribution in [1.29, 1.82) is 0 Å². The highest BCUT2D eigenvalue weighted by atomic mass is 16.5. The van der Waals surface area contributed by atoms with Crippen LogP contribution >= 0.6 is 0 Å². The van der Waals surface area contributed by atoms with Crippen LogP contribution in [-0.2, 0) is 11.4 Å². The van der Waals surface area contributed by atoms with Crippen LogP contribution in [0.25, 0.3) is 0 Å². The molecule has 0 aliphatic heterocycles. The second-order valence-corrected chi connectivity index (χ2v) is 7.64. The van der Waals surface area contributed by atoms with E-state index in [1.165, 1.54) is 0 Å². The Morgan fingerprint density at radius 3 is 2.44 bits per heavy atom. The minimum absolute atomic E-state index is 0.308.